The Balaban J connectivity index is 0.988. The molecule has 348 valence electrons. The Morgan fingerprint density at radius 1 is 0.439 bits per heavy atom. The van der Waals surface area contributed by atoms with E-state index in [0.29, 0.717) is 0 Å². The van der Waals surface area contributed by atoms with E-state index in [0.717, 1.165) is 102 Å². The predicted molar refractivity (Wildman–Crippen MR) is 289 cm³/mol. The number of anilines is 2. The number of nitriles is 2. The van der Waals surface area contributed by atoms with E-state index in [-0.39, 0.29) is 0 Å². The van der Waals surface area contributed by atoms with Crippen molar-refractivity contribution in [2.75, 3.05) is 9.44 Å². The SMILES string of the molecule is CCCCCCCCCCCCCCc1cc(-c2ccc(-c3c4c(c(-c5ccc(-c6ccc(C#N)c(CCCCCCCCCCCCCC)c6)s5)c5nsnc35)NSN4)s2)ccc1C#N. The monoisotopic (exact) mass is 954 g/mol. The standard InChI is InChI=1S/C56H70N6S4/c1-3-5-7-9-11-13-15-17-19-21-23-25-27-41-37-43(29-31-45(41)39-57)47-33-35-49(63-47)51-53-55(61-65-59-53)52(56-54(51)60-66-62-56)50-36-34-48(64-50)44-30-32-46(40-58)42(38-44)28-26-24-22-20-18-16-14-12-10-8-6-4-2/h29-38,59,61H,3-28H2,1-2H3. The van der Waals surface area contributed by atoms with Gasteiger partial charge in [0.2, 0.25) is 0 Å². The lowest BCUT2D eigenvalue weighted by molar-refractivity contribution is 0.544. The van der Waals surface area contributed by atoms with Crippen LogP contribution in [-0.2, 0) is 12.8 Å². The van der Waals surface area contributed by atoms with Gasteiger partial charge in [-0.1, -0.05) is 167 Å². The zero-order chi connectivity index (χ0) is 45.8. The van der Waals surface area contributed by atoms with Crippen LogP contribution in [0, 0.1) is 22.7 Å². The number of nitrogens with one attached hydrogen (secondary N) is 2. The Kier molecular flexibility index (Phi) is 20.3. The molecule has 0 bridgehead atoms. The Morgan fingerprint density at radius 2 is 0.788 bits per heavy atom. The molecule has 4 heterocycles. The molecule has 0 unspecified atom stereocenters. The van der Waals surface area contributed by atoms with Crippen molar-refractivity contribution < 1.29 is 0 Å². The highest BCUT2D eigenvalue weighted by molar-refractivity contribution is 8.02. The number of fused-ring (bicyclic) bond motifs is 2. The van der Waals surface area contributed by atoms with E-state index in [2.05, 4.69) is 84.0 Å². The maximum absolute atomic E-state index is 9.99. The summed E-state index contributed by atoms with van der Waals surface area (Å²) in [5, 5.41) is 20.0. The number of benzene rings is 3. The maximum atomic E-state index is 9.99. The van der Waals surface area contributed by atoms with E-state index in [1.54, 1.807) is 22.7 Å². The van der Waals surface area contributed by atoms with Gasteiger partial charge in [-0.05, 0) is 96.5 Å². The Labute approximate surface area is 412 Å². The average molecular weight is 955 g/mol. The van der Waals surface area contributed by atoms with Gasteiger partial charge in [-0.2, -0.15) is 19.3 Å². The van der Waals surface area contributed by atoms with E-state index in [1.807, 2.05) is 12.1 Å². The minimum absolute atomic E-state index is 0.792. The summed E-state index contributed by atoms with van der Waals surface area (Å²) in [5.74, 6) is 0. The number of aromatic nitrogens is 2. The normalized spacial score (nSPS) is 12.0. The highest BCUT2D eigenvalue weighted by Gasteiger charge is 2.29. The first-order valence-corrected chi connectivity index (χ1v) is 28.6. The van der Waals surface area contributed by atoms with Crippen LogP contribution in [0.5, 0.6) is 0 Å². The number of hydrogen-bond acceptors (Lipinski definition) is 10. The molecule has 0 fully saturated rings. The number of rotatable bonds is 30. The Hall–Kier alpha value is -4.19. The van der Waals surface area contributed by atoms with Crippen molar-refractivity contribution in [3.8, 4) is 53.9 Å². The first kappa shape index (κ1) is 49.7. The van der Waals surface area contributed by atoms with Gasteiger partial charge in [0.15, 0.2) is 0 Å². The van der Waals surface area contributed by atoms with Crippen LogP contribution in [0.3, 0.4) is 0 Å². The van der Waals surface area contributed by atoms with Gasteiger partial charge in [-0.25, -0.2) is 0 Å². The molecule has 0 atom stereocenters. The minimum atomic E-state index is 0.792. The van der Waals surface area contributed by atoms with E-state index in [1.165, 1.54) is 175 Å². The topological polar surface area (TPSA) is 97.4 Å². The predicted octanol–water partition coefficient (Wildman–Crippen LogP) is 19.1. The van der Waals surface area contributed by atoms with Crippen molar-refractivity contribution >= 4 is 68.9 Å². The third-order valence-corrected chi connectivity index (χ3v) is 16.8. The molecule has 7 rings (SSSR count). The first-order valence-electron chi connectivity index (χ1n) is 25.4. The molecular formula is C56H70N6S4. The molecule has 1 aliphatic rings. The molecule has 0 amide bonds. The molecule has 6 aromatic rings. The summed E-state index contributed by atoms with van der Waals surface area (Å²) < 4.78 is 17.0. The van der Waals surface area contributed by atoms with Crippen molar-refractivity contribution in [3.63, 3.8) is 0 Å². The van der Waals surface area contributed by atoms with Crippen LogP contribution in [0.25, 0.3) is 52.8 Å². The van der Waals surface area contributed by atoms with Crippen LogP contribution >= 0.6 is 46.5 Å². The fraction of sp³-hybridized carbons (Fsp3) is 0.500. The molecule has 0 radical (unpaired) electrons. The third kappa shape index (κ3) is 13.5. The lowest BCUT2D eigenvalue weighted by Crippen LogP contribution is -1.92. The van der Waals surface area contributed by atoms with Gasteiger partial charge >= 0.3 is 0 Å². The molecule has 0 aliphatic carbocycles. The van der Waals surface area contributed by atoms with Gasteiger partial charge in [0.1, 0.15) is 11.0 Å². The van der Waals surface area contributed by atoms with Crippen LogP contribution in [0.15, 0.2) is 60.7 Å². The minimum Gasteiger partial charge on any atom is -0.309 e. The summed E-state index contributed by atoms with van der Waals surface area (Å²) >= 11 is 6.29. The van der Waals surface area contributed by atoms with Crippen molar-refractivity contribution in [2.45, 2.75) is 181 Å². The van der Waals surface area contributed by atoms with E-state index in [4.69, 9.17) is 8.75 Å². The summed E-state index contributed by atoms with van der Waals surface area (Å²) in [5.41, 5.74) is 12.2. The van der Waals surface area contributed by atoms with Crippen molar-refractivity contribution in [3.05, 3.63) is 82.9 Å². The number of thiophene rings is 2. The Bertz CT molecular complexity index is 2350. The summed E-state index contributed by atoms with van der Waals surface area (Å²) in [7, 11) is 0. The van der Waals surface area contributed by atoms with E-state index < -0.39 is 0 Å². The van der Waals surface area contributed by atoms with E-state index in [9.17, 15) is 10.5 Å². The van der Waals surface area contributed by atoms with Crippen LogP contribution in [0.1, 0.15) is 190 Å². The lowest BCUT2D eigenvalue weighted by Gasteiger charge is -2.11. The Morgan fingerprint density at radius 3 is 1.15 bits per heavy atom. The molecule has 0 saturated carbocycles. The first-order chi connectivity index (χ1) is 32.6. The quantitative estimate of drug-likeness (QED) is 0.0343. The number of aryl methyl sites for hydroxylation is 2. The van der Waals surface area contributed by atoms with Gasteiger partial charge in [0.25, 0.3) is 0 Å². The molecule has 2 N–H and O–H groups in total. The fourth-order valence-electron chi connectivity index (χ4n) is 9.51. The van der Waals surface area contributed by atoms with Crippen molar-refractivity contribution in [1.29, 1.82) is 10.5 Å². The number of nitrogens with zero attached hydrogens (tertiary/aromatic N) is 4. The van der Waals surface area contributed by atoms with Crippen LogP contribution in [0.4, 0.5) is 11.4 Å². The molecule has 6 nitrogen and oxygen atoms in total. The summed E-state index contributed by atoms with van der Waals surface area (Å²) in [6, 6.07) is 26.5. The molecule has 10 heteroatoms. The molecule has 66 heavy (non-hydrogen) atoms. The summed E-state index contributed by atoms with van der Waals surface area (Å²) in [6.45, 7) is 4.56. The largest absolute Gasteiger partial charge is 0.309 e. The van der Waals surface area contributed by atoms with Crippen LogP contribution in [-0.4, -0.2) is 8.75 Å². The molecule has 1 aliphatic heterocycles. The lowest BCUT2D eigenvalue weighted by atomic mass is 9.98. The fourth-order valence-corrected chi connectivity index (χ4v) is 12.8. The molecule has 0 spiro atoms. The maximum Gasteiger partial charge on any atom is 0.116 e. The van der Waals surface area contributed by atoms with Gasteiger partial charge in [-0.3, -0.25) is 0 Å². The van der Waals surface area contributed by atoms with E-state index >= 15 is 0 Å². The van der Waals surface area contributed by atoms with Crippen molar-refractivity contribution in [1.82, 2.24) is 8.75 Å². The van der Waals surface area contributed by atoms with Gasteiger partial charge in [0.05, 0.1) is 58.5 Å². The van der Waals surface area contributed by atoms with Crippen LogP contribution in [0.2, 0.25) is 0 Å². The number of hydrogen-bond donors (Lipinski definition) is 2. The third-order valence-electron chi connectivity index (χ3n) is 13.3. The molecule has 0 saturated heterocycles. The molecule has 3 aromatic heterocycles. The van der Waals surface area contributed by atoms with Gasteiger partial charge < -0.3 is 9.44 Å². The number of unbranched alkanes of at least 4 members (excludes halogenated alkanes) is 22. The second kappa shape index (κ2) is 27.0. The molecule has 3 aromatic carbocycles. The summed E-state index contributed by atoms with van der Waals surface area (Å²) in [4.78, 5) is 4.64. The highest BCUT2D eigenvalue weighted by atomic mass is 32.2. The smallest absolute Gasteiger partial charge is 0.116 e. The van der Waals surface area contributed by atoms with Crippen LogP contribution < -0.4 is 9.44 Å². The average Bonchev–Trinajstić information content (AvgIpc) is 4.20. The zero-order valence-electron chi connectivity index (χ0n) is 39.6. The van der Waals surface area contributed by atoms with Gasteiger partial charge in [0, 0.05) is 30.6 Å². The highest BCUT2D eigenvalue weighted by Crippen LogP contribution is 2.54. The van der Waals surface area contributed by atoms with Crippen molar-refractivity contribution in [2.24, 2.45) is 0 Å². The van der Waals surface area contributed by atoms with Gasteiger partial charge in [-0.15, -0.1) is 22.7 Å². The summed E-state index contributed by atoms with van der Waals surface area (Å²) in [6.07, 6.45) is 33.7. The second-order valence-corrected chi connectivity index (χ2v) is 21.6. The zero-order valence-corrected chi connectivity index (χ0v) is 42.8. The molecular weight excluding hydrogens is 885 g/mol. The second-order valence-electron chi connectivity index (χ2n) is 18.3.